The molecule has 0 aromatic heterocycles. The van der Waals surface area contributed by atoms with Crippen molar-refractivity contribution in [3.63, 3.8) is 0 Å². The van der Waals surface area contributed by atoms with Gasteiger partial charge in [-0.1, -0.05) is 72.3 Å². The molecule has 0 bridgehead atoms. The van der Waals surface area contributed by atoms with Crippen LogP contribution in [0.1, 0.15) is 37.4 Å². The molecular weight excluding hydrogens is 376 g/mol. The predicted octanol–water partition coefficient (Wildman–Crippen LogP) is 4.40. The van der Waals surface area contributed by atoms with Gasteiger partial charge in [-0.05, 0) is 31.1 Å². The lowest BCUT2D eigenvalue weighted by atomic mass is 9.66. The molecule has 1 aliphatic heterocycles. The van der Waals surface area contributed by atoms with Gasteiger partial charge in [0, 0.05) is 22.3 Å². The maximum absolute atomic E-state index is 13.5. The number of allylic oxidation sites excluding steroid dienone is 1. The zero-order valence-electron chi connectivity index (χ0n) is 16.3. The first kappa shape index (κ1) is 18.3. The van der Waals surface area contributed by atoms with Crippen molar-refractivity contribution in [3.8, 4) is 5.75 Å². The Bertz CT molecular complexity index is 1270. The average Bonchev–Trinajstić information content (AvgIpc) is 3.03. The van der Waals surface area contributed by atoms with E-state index >= 15 is 0 Å². The van der Waals surface area contributed by atoms with Crippen molar-refractivity contribution >= 4 is 17.5 Å². The largest absolute Gasteiger partial charge is 0.425 e. The second kappa shape index (κ2) is 6.63. The van der Waals surface area contributed by atoms with E-state index in [2.05, 4.69) is 0 Å². The number of ether oxygens (including phenoxy) is 1. The lowest BCUT2D eigenvalue weighted by Crippen LogP contribution is -2.42. The molecule has 0 radical (unpaired) electrons. The fourth-order valence-electron chi connectivity index (χ4n) is 4.48. The fraction of sp³-hybridized carbons (Fsp3) is 0.115. The Kier molecular flexibility index (Phi) is 4.03. The molecule has 4 heteroatoms. The summed E-state index contributed by atoms with van der Waals surface area (Å²) in [7, 11) is 0. The summed E-state index contributed by atoms with van der Waals surface area (Å²) >= 11 is 0. The predicted molar refractivity (Wildman–Crippen MR) is 112 cm³/mol. The SMILES string of the molecule is Cc1cccc(C[C@@]2(C3=CC(=O)c4ccccc4C3=O)C(=O)Oc3ccccc32)c1. The van der Waals surface area contributed by atoms with Gasteiger partial charge >= 0.3 is 5.97 Å². The van der Waals surface area contributed by atoms with E-state index in [1.165, 1.54) is 6.08 Å². The first-order valence-corrected chi connectivity index (χ1v) is 9.78. The molecule has 0 amide bonds. The van der Waals surface area contributed by atoms with Crippen molar-refractivity contribution in [2.24, 2.45) is 0 Å². The number of Topliss-reactive ketones (excluding diaryl/α,β-unsaturated/α-hetero) is 1. The minimum Gasteiger partial charge on any atom is -0.425 e. The number of carbonyl (C=O) groups excluding carboxylic acids is 3. The van der Waals surface area contributed by atoms with Crippen LogP contribution < -0.4 is 4.74 Å². The van der Waals surface area contributed by atoms with Crippen molar-refractivity contribution in [2.75, 3.05) is 0 Å². The molecular formula is C26H18O4. The monoisotopic (exact) mass is 394 g/mol. The van der Waals surface area contributed by atoms with Crippen molar-refractivity contribution in [1.29, 1.82) is 0 Å². The number of hydrogen-bond donors (Lipinski definition) is 0. The van der Waals surface area contributed by atoms with E-state index in [0.29, 0.717) is 22.4 Å². The molecule has 0 saturated heterocycles. The molecule has 0 saturated carbocycles. The second-order valence-corrected chi connectivity index (χ2v) is 7.75. The van der Waals surface area contributed by atoms with Crippen LogP contribution in [0.15, 0.2) is 84.4 Å². The van der Waals surface area contributed by atoms with Crippen LogP contribution in [0.4, 0.5) is 0 Å². The van der Waals surface area contributed by atoms with Crippen molar-refractivity contribution < 1.29 is 19.1 Å². The summed E-state index contributed by atoms with van der Waals surface area (Å²) in [6.45, 7) is 1.97. The Morgan fingerprint density at radius 2 is 1.57 bits per heavy atom. The van der Waals surface area contributed by atoms with E-state index in [9.17, 15) is 14.4 Å². The molecule has 1 aliphatic carbocycles. The third-order valence-electron chi connectivity index (χ3n) is 5.87. The number of benzene rings is 3. The van der Waals surface area contributed by atoms with Gasteiger partial charge in [0.2, 0.25) is 0 Å². The van der Waals surface area contributed by atoms with E-state index in [0.717, 1.165) is 11.1 Å². The molecule has 30 heavy (non-hydrogen) atoms. The molecule has 1 atom stereocenters. The van der Waals surface area contributed by atoms with Gasteiger partial charge in [0.25, 0.3) is 0 Å². The summed E-state index contributed by atoms with van der Waals surface area (Å²) in [5.74, 6) is -0.695. The number of rotatable bonds is 3. The van der Waals surface area contributed by atoms with Gasteiger partial charge in [-0.3, -0.25) is 14.4 Å². The number of aryl methyl sites for hydroxylation is 1. The Balaban J connectivity index is 1.76. The number of esters is 1. The lowest BCUT2D eigenvalue weighted by molar-refractivity contribution is -0.136. The molecule has 0 fully saturated rings. The van der Waals surface area contributed by atoms with E-state index in [-0.39, 0.29) is 23.6 Å². The van der Waals surface area contributed by atoms with Gasteiger partial charge in [-0.2, -0.15) is 0 Å². The highest BCUT2D eigenvalue weighted by molar-refractivity contribution is 6.27. The molecule has 0 unspecified atom stereocenters. The molecule has 2 aliphatic rings. The van der Waals surface area contributed by atoms with Gasteiger partial charge in [0.05, 0.1) is 0 Å². The number of ketones is 2. The zero-order chi connectivity index (χ0) is 20.9. The van der Waals surface area contributed by atoms with Crippen LogP contribution in [0.5, 0.6) is 5.75 Å². The van der Waals surface area contributed by atoms with Gasteiger partial charge in [0.15, 0.2) is 11.6 Å². The first-order chi connectivity index (χ1) is 14.5. The zero-order valence-corrected chi connectivity index (χ0v) is 16.3. The Labute approximate surface area is 173 Å². The van der Waals surface area contributed by atoms with Gasteiger partial charge in [0.1, 0.15) is 11.2 Å². The van der Waals surface area contributed by atoms with Crippen LogP contribution >= 0.6 is 0 Å². The van der Waals surface area contributed by atoms with E-state index in [4.69, 9.17) is 4.74 Å². The van der Waals surface area contributed by atoms with Crippen LogP contribution in [-0.4, -0.2) is 17.5 Å². The normalized spacial score (nSPS) is 19.8. The fourth-order valence-corrected chi connectivity index (χ4v) is 4.48. The van der Waals surface area contributed by atoms with Gasteiger partial charge in [-0.25, -0.2) is 0 Å². The van der Waals surface area contributed by atoms with Crippen LogP contribution in [0.25, 0.3) is 0 Å². The minimum atomic E-state index is -1.37. The van der Waals surface area contributed by atoms with Crippen molar-refractivity contribution in [1.82, 2.24) is 0 Å². The Hall–Kier alpha value is -3.79. The molecule has 0 spiro atoms. The molecule has 1 heterocycles. The van der Waals surface area contributed by atoms with E-state index < -0.39 is 11.4 Å². The summed E-state index contributed by atoms with van der Waals surface area (Å²) in [6, 6.07) is 21.6. The van der Waals surface area contributed by atoms with Crippen LogP contribution in [-0.2, 0) is 16.6 Å². The maximum atomic E-state index is 13.5. The third kappa shape index (κ3) is 2.57. The molecule has 146 valence electrons. The lowest BCUT2D eigenvalue weighted by Gasteiger charge is -2.30. The molecule has 5 rings (SSSR count). The Morgan fingerprint density at radius 1 is 0.833 bits per heavy atom. The standard InChI is InChI=1S/C26H18O4/c1-16-7-6-8-17(13-16)15-26(20-11-4-5-12-23(20)30-25(26)29)21-14-22(27)18-9-2-3-10-19(18)24(21)28/h2-14H,15H2,1H3/t26-/m1/s1. The summed E-state index contributed by atoms with van der Waals surface area (Å²) in [4.78, 5) is 39.8. The molecule has 0 N–H and O–H groups in total. The van der Waals surface area contributed by atoms with Crippen LogP contribution in [0.2, 0.25) is 0 Å². The van der Waals surface area contributed by atoms with Crippen LogP contribution in [0.3, 0.4) is 0 Å². The number of fused-ring (bicyclic) bond motifs is 2. The maximum Gasteiger partial charge on any atom is 0.327 e. The minimum absolute atomic E-state index is 0.169. The summed E-state index contributed by atoms with van der Waals surface area (Å²) in [5, 5.41) is 0. The van der Waals surface area contributed by atoms with Crippen molar-refractivity contribution in [2.45, 2.75) is 18.8 Å². The molecule has 3 aromatic carbocycles. The topological polar surface area (TPSA) is 60.4 Å². The quantitative estimate of drug-likeness (QED) is 0.488. The smallest absolute Gasteiger partial charge is 0.327 e. The molecule has 4 nitrogen and oxygen atoms in total. The summed E-state index contributed by atoms with van der Waals surface area (Å²) in [6.07, 6.45) is 1.56. The van der Waals surface area contributed by atoms with Crippen LogP contribution in [0, 0.1) is 6.92 Å². The van der Waals surface area contributed by atoms with Gasteiger partial charge < -0.3 is 4.74 Å². The molecule has 3 aromatic rings. The summed E-state index contributed by atoms with van der Waals surface area (Å²) in [5.41, 5.74) is 2.03. The van der Waals surface area contributed by atoms with Gasteiger partial charge in [-0.15, -0.1) is 0 Å². The number of para-hydroxylation sites is 1. The second-order valence-electron chi connectivity index (χ2n) is 7.75. The Morgan fingerprint density at radius 3 is 2.37 bits per heavy atom. The summed E-state index contributed by atoms with van der Waals surface area (Å²) < 4.78 is 5.61. The third-order valence-corrected chi connectivity index (χ3v) is 5.87. The average molecular weight is 394 g/mol. The first-order valence-electron chi connectivity index (χ1n) is 9.78. The highest BCUT2D eigenvalue weighted by Gasteiger charge is 2.55. The van der Waals surface area contributed by atoms with E-state index in [1.807, 2.05) is 37.3 Å². The van der Waals surface area contributed by atoms with Crippen molar-refractivity contribution in [3.05, 3.63) is 112 Å². The number of hydrogen-bond acceptors (Lipinski definition) is 4. The number of carbonyl (C=O) groups is 3. The highest BCUT2D eigenvalue weighted by Crippen LogP contribution is 2.48. The highest BCUT2D eigenvalue weighted by atomic mass is 16.5. The van der Waals surface area contributed by atoms with E-state index in [1.54, 1.807) is 42.5 Å².